The summed E-state index contributed by atoms with van der Waals surface area (Å²) >= 11 is 6.17. The lowest BCUT2D eigenvalue weighted by molar-refractivity contribution is -0.120. The van der Waals surface area contributed by atoms with Gasteiger partial charge in [-0.15, -0.1) is 24.0 Å². The predicted octanol–water partition coefficient (Wildman–Crippen LogP) is 1.95. The van der Waals surface area contributed by atoms with Gasteiger partial charge in [0, 0.05) is 25.7 Å². The number of benzene rings is 1. The van der Waals surface area contributed by atoms with E-state index in [9.17, 15) is 4.79 Å². The molecule has 0 saturated heterocycles. The summed E-state index contributed by atoms with van der Waals surface area (Å²) < 4.78 is 4.87. The summed E-state index contributed by atoms with van der Waals surface area (Å²) in [6.07, 6.45) is 0. The highest BCUT2D eigenvalue weighted by Crippen LogP contribution is 2.21. The van der Waals surface area contributed by atoms with Crippen molar-refractivity contribution in [1.29, 1.82) is 0 Å². The summed E-state index contributed by atoms with van der Waals surface area (Å²) in [6, 6.07) is 7.57. The molecule has 1 unspecified atom stereocenters. The van der Waals surface area contributed by atoms with Gasteiger partial charge in [-0.25, -0.2) is 0 Å². The molecule has 0 aliphatic heterocycles. The Kier molecular flexibility index (Phi) is 11.8. The van der Waals surface area contributed by atoms with Gasteiger partial charge >= 0.3 is 0 Å². The highest BCUT2D eigenvalue weighted by molar-refractivity contribution is 14.0. The van der Waals surface area contributed by atoms with E-state index in [0.29, 0.717) is 24.1 Å². The van der Waals surface area contributed by atoms with Crippen LogP contribution in [0.25, 0.3) is 0 Å². The van der Waals surface area contributed by atoms with Gasteiger partial charge in [-0.1, -0.05) is 29.8 Å². The van der Waals surface area contributed by atoms with Crippen molar-refractivity contribution in [2.75, 3.05) is 33.9 Å². The molecule has 23 heavy (non-hydrogen) atoms. The molecule has 0 fully saturated rings. The number of aliphatic imine (C=N–C) groups is 1. The third-order valence-electron chi connectivity index (χ3n) is 2.99. The number of nitrogens with zero attached hydrogens (tertiary/aromatic N) is 1. The Morgan fingerprint density at radius 3 is 2.65 bits per heavy atom. The molecule has 0 aromatic heterocycles. The van der Waals surface area contributed by atoms with Crippen molar-refractivity contribution in [1.82, 2.24) is 16.0 Å². The number of rotatable bonds is 7. The Morgan fingerprint density at radius 2 is 2.04 bits per heavy atom. The van der Waals surface area contributed by atoms with E-state index in [1.165, 1.54) is 0 Å². The fourth-order valence-corrected chi connectivity index (χ4v) is 2.12. The summed E-state index contributed by atoms with van der Waals surface area (Å²) in [5.41, 5.74) is 0.969. The molecular formula is C15H24ClIN4O2. The maximum atomic E-state index is 11.6. The van der Waals surface area contributed by atoms with Crippen molar-refractivity contribution in [3.8, 4) is 0 Å². The monoisotopic (exact) mass is 454 g/mol. The number of carbonyl (C=O) groups excluding carboxylic acids is 1. The second kappa shape index (κ2) is 12.4. The van der Waals surface area contributed by atoms with Crippen molar-refractivity contribution in [2.24, 2.45) is 4.99 Å². The maximum absolute atomic E-state index is 11.6. The molecule has 1 atom stereocenters. The Bertz CT molecular complexity index is 514. The zero-order valence-corrected chi connectivity index (χ0v) is 16.6. The van der Waals surface area contributed by atoms with Gasteiger partial charge in [0.15, 0.2) is 5.96 Å². The van der Waals surface area contributed by atoms with Crippen molar-refractivity contribution in [3.63, 3.8) is 0 Å². The van der Waals surface area contributed by atoms with Gasteiger partial charge in [0.05, 0.1) is 19.2 Å². The molecule has 1 aromatic carbocycles. The molecular weight excluding hydrogens is 431 g/mol. The second-order valence-corrected chi connectivity index (χ2v) is 5.06. The van der Waals surface area contributed by atoms with Crippen LogP contribution >= 0.6 is 35.6 Å². The fraction of sp³-hybridized carbons (Fsp3) is 0.467. The van der Waals surface area contributed by atoms with Gasteiger partial charge < -0.3 is 20.7 Å². The molecule has 1 aromatic rings. The number of guanidine groups is 1. The third-order valence-corrected chi connectivity index (χ3v) is 3.34. The summed E-state index contributed by atoms with van der Waals surface area (Å²) in [6.45, 7) is 3.09. The standard InChI is InChI=1S/C15H23ClN4O2.HI/c1-11(12-6-4-5-7-13(12)16)20-15(17-2)19-10-14(21)18-8-9-22-3;/h4-7,11H,8-10H2,1-3H3,(H,18,21)(H2,17,19,20);1H. The highest BCUT2D eigenvalue weighted by Gasteiger charge is 2.11. The fourth-order valence-electron chi connectivity index (χ4n) is 1.82. The number of hydrogen-bond acceptors (Lipinski definition) is 3. The molecule has 1 amide bonds. The van der Waals surface area contributed by atoms with Crippen LogP contribution in [-0.4, -0.2) is 45.7 Å². The molecule has 130 valence electrons. The average molecular weight is 455 g/mol. The molecule has 3 N–H and O–H groups in total. The molecule has 0 radical (unpaired) electrons. The number of hydrogen-bond donors (Lipinski definition) is 3. The van der Waals surface area contributed by atoms with E-state index in [-0.39, 0.29) is 42.5 Å². The first kappa shape index (κ1) is 21.9. The lowest BCUT2D eigenvalue weighted by Crippen LogP contribution is -2.44. The molecule has 0 aliphatic rings. The average Bonchev–Trinajstić information content (AvgIpc) is 2.51. The molecule has 0 heterocycles. The van der Waals surface area contributed by atoms with E-state index in [4.69, 9.17) is 16.3 Å². The van der Waals surface area contributed by atoms with Crippen LogP contribution in [0.4, 0.5) is 0 Å². The van der Waals surface area contributed by atoms with E-state index in [1.807, 2.05) is 31.2 Å². The Labute approximate surface area is 159 Å². The molecule has 0 bridgehead atoms. The Hall–Kier alpha value is -1.06. The SMILES string of the molecule is CN=C(NCC(=O)NCCOC)NC(C)c1ccccc1Cl.I. The van der Waals surface area contributed by atoms with E-state index >= 15 is 0 Å². The minimum Gasteiger partial charge on any atom is -0.383 e. The number of carbonyl (C=O) groups is 1. The quantitative estimate of drug-likeness (QED) is 0.255. The first-order valence-corrected chi connectivity index (χ1v) is 7.43. The van der Waals surface area contributed by atoms with Crippen LogP contribution in [0, 0.1) is 0 Å². The number of amides is 1. The lowest BCUT2D eigenvalue weighted by Gasteiger charge is -2.19. The first-order chi connectivity index (χ1) is 10.6. The lowest BCUT2D eigenvalue weighted by atomic mass is 10.1. The van der Waals surface area contributed by atoms with Crippen molar-refractivity contribution < 1.29 is 9.53 Å². The van der Waals surface area contributed by atoms with Gasteiger partial charge in [-0.05, 0) is 18.6 Å². The van der Waals surface area contributed by atoms with E-state index in [1.54, 1.807) is 14.2 Å². The summed E-state index contributed by atoms with van der Waals surface area (Å²) in [5.74, 6) is 0.416. The van der Waals surface area contributed by atoms with Crippen LogP contribution in [0.1, 0.15) is 18.5 Å². The molecule has 0 spiro atoms. The van der Waals surface area contributed by atoms with Crippen LogP contribution in [0.3, 0.4) is 0 Å². The number of nitrogens with one attached hydrogen (secondary N) is 3. The van der Waals surface area contributed by atoms with Gasteiger partial charge in [0.25, 0.3) is 0 Å². The van der Waals surface area contributed by atoms with Crippen molar-refractivity contribution in [3.05, 3.63) is 34.9 Å². The molecule has 1 rings (SSSR count). The minimum atomic E-state index is -0.120. The number of halogens is 2. The molecule has 0 saturated carbocycles. The van der Waals surface area contributed by atoms with Crippen LogP contribution in [0.2, 0.25) is 5.02 Å². The van der Waals surface area contributed by atoms with Crippen molar-refractivity contribution >= 4 is 47.4 Å². The summed E-state index contributed by atoms with van der Waals surface area (Å²) in [5, 5.41) is 9.57. The molecule has 0 aliphatic carbocycles. The second-order valence-electron chi connectivity index (χ2n) is 4.66. The van der Waals surface area contributed by atoms with Crippen LogP contribution in [0.5, 0.6) is 0 Å². The summed E-state index contributed by atoms with van der Waals surface area (Å²) in [7, 11) is 3.24. The zero-order valence-electron chi connectivity index (χ0n) is 13.6. The molecule has 8 heteroatoms. The molecule has 6 nitrogen and oxygen atoms in total. The Morgan fingerprint density at radius 1 is 1.35 bits per heavy atom. The Balaban J connectivity index is 0.00000484. The van der Waals surface area contributed by atoms with Gasteiger partial charge in [-0.3, -0.25) is 9.79 Å². The maximum Gasteiger partial charge on any atom is 0.239 e. The number of ether oxygens (including phenoxy) is 1. The minimum absolute atomic E-state index is 0. The first-order valence-electron chi connectivity index (χ1n) is 7.05. The van der Waals surface area contributed by atoms with Gasteiger partial charge in [0.1, 0.15) is 0 Å². The zero-order chi connectivity index (χ0) is 16.4. The topological polar surface area (TPSA) is 74.8 Å². The summed E-state index contributed by atoms with van der Waals surface area (Å²) in [4.78, 5) is 15.7. The normalized spacial score (nSPS) is 12.1. The van der Waals surface area contributed by atoms with Crippen LogP contribution in [-0.2, 0) is 9.53 Å². The van der Waals surface area contributed by atoms with Crippen LogP contribution in [0.15, 0.2) is 29.3 Å². The van der Waals surface area contributed by atoms with Gasteiger partial charge in [-0.2, -0.15) is 0 Å². The van der Waals surface area contributed by atoms with Gasteiger partial charge in [0.2, 0.25) is 5.91 Å². The van der Waals surface area contributed by atoms with E-state index in [2.05, 4.69) is 20.9 Å². The van der Waals surface area contributed by atoms with E-state index < -0.39 is 0 Å². The number of methoxy groups -OCH3 is 1. The smallest absolute Gasteiger partial charge is 0.239 e. The van der Waals surface area contributed by atoms with E-state index in [0.717, 1.165) is 5.56 Å². The highest BCUT2D eigenvalue weighted by atomic mass is 127. The third kappa shape index (κ3) is 8.38. The van der Waals surface area contributed by atoms with Crippen molar-refractivity contribution in [2.45, 2.75) is 13.0 Å². The van der Waals surface area contributed by atoms with Crippen LogP contribution < -0.4 is 16.0 Å². The largest absolute Gasteiger partial charge is 0.383 e. The predicted molar refractivity (Wildman–Crippen MR) is 105 cm³/mol.